The number of nitrogens with one attached hydrogen (secondary N) is 1. The summed E-state index contributed by atoms with van der Waals surface area (Å²) in [6.45, 7) is 2.50. The van der Waals surface area contributed by atoms with E-state index in [1.807, 2.05) is 37.3 Å². The van der Waals surface area contributed by atoms with Crippen molar-refractivity contribution in [3.05, 3.63) is 45.9 Å². The second-order valence-electron chi connectivity index (χ2n) is 3.93. The van der Waals surface area contributed by atoms with Gasteiger partial charge in [0.25, 0.3) is 0 Å². The van der Waals surface area contributed by atoms with Crippen LogP contribution in [-0.2, 0) is 0 Å². The van der Waals surface area contributed by atoms with Gasteiger partial charge in [-0.3, -0.25) is 0 Å². The SMILES string of the molecule is CCOc1cc(Nc2cc(Br)ccc2Cl)ccc1N. The summed E-state index contributed by atoms with van der Waals surface area (Å²) in [7, 11) is 0. The van der Waals surface area contributed by atoms with Gasteiger partial charge in [-0.15, -0.1) is 0 Å². The first-order chi connectivity index (χ1) is 9.10. The Bertz CT molecular complexity index is 590. The molecule has 3 N–H and O–H groups in total. The summed E-state index contributed by atoms with van der Waals surface area (Å²) in [5.41, 5.74) is 8.15. The maximum atomic E-state index is 6.14. The van der Waals surface area contributed by atoms with Crippen molar-refractivity contribution in [2.24, 2.45) is 0 Å². The summed E-state index contributed by atoms with van der Waals surface area (Å²) in [4.78, 5) is 0. The molecule has 0 bridgehead atoms. The Kier molecular flexibility index (Phi) is 4.56. The number of rotatable bonds is 4. The third-order valence-corrected chi connectivity index (χ3v) is 3.34. The zero-order valence-electron chi connectivity index (χ0n) is 10.4. The minimum Gasteiger partial charge on any atom is -0.492 e. The lowest BCUT2D eigenvalue weighted by Crippen LogP contribution is -1.98. The highest BCUT2D eigenvalue weighted by molar-refractivity contribution is 9.10. The van der Waals surface area contributed by atoms with Crippen LogP contribution in [0.2, 0.25) is 5.02 Å². The first kappa shape index (κ1) is 14.0. The van der Waals surface area contributed by atoms with Gasteiger partial charge in [0.05, 0.1) is 23.0 Å². The van der Waals surface area contributed by atoms with E-state index in [1.54, 1.807) is 6.07 Å². The molecule has 2 aromatic rings. The van der Waals surface area contributed by atoms with Crippen LogP contribution in [0.5, 0.6) is 5.75 Å². The number of ether oxygens (including phenoxy) is 1. The van der Waals surface area contributed by atoms with E-state index in [2.05, 4.69) is 21.2 Å². The van der Waals surface area contributed by atoms with Crippen molar-refractivity contribution in [1.29, 1.82) is 0 Å². The van der Waals surface area contributed by atoms with E-state index in [-0.39, 0.29) is 0 Å². The molecule has 0 aliphatic heterocycles. The molecule has 0 saturated carbocycles. The molecule has 0 radical (unpaired) electrons. The van der Waals surface area contributed by atoms with E-state index in [4.69, 9.17) is 22.1 Å². The second kappa shape index (κ2) is 6.17. The molecule has 0 amide bonds. The van der Waals surface area contributed by atoms with Crippen molar-refractivity contribution in [2.45, 2.75) is 6.92 Å². The molecule has 0 saturated heterocycles. The highest BCUT2D eigenvalue weighted by atomic mass is 79.9. The topological polar surface area (TPSA) is 47.3 Å². The monoisotopic (exact) mass is 340 g/mol. The fourth-order valence-corrected chi connectivity index (χ4v) is 2.17. The van der Waals surface area contributed by atoms with Crippen molar-refractivity contribution in [3.63, 3.8) is 0 Å². The molecule has 0 aliphatic rings. The Morgan fingerprint density at radius 2 is 2.05 bits per heavy atom. The quantitative estimate of drug-likeness (QED) is 0.783. The molecule has 0 unspecified atom stereocenters. The van der Waals surface area contributed by atoms with Crippen LogP contribution in [0.3, 0.4) is 0 Å². The Morgan fingerprint density at radius 1 is 1.26 bits per heavy atom. The van der Waals surface area contributed by atoms with Gasteiger partial charge in [-0.1, -0.05) is 27.5 Å². The van der Waals surface area contributed by atoms with Gasteiger partial charge >= 0.3 is 0 Å². The molecule has 19 heavy (non-hydrogen) atoms. The fraction of sp³-hybridized carbons (Fsp3) is 0.143. The van der Waals surface area contributed by atoms with Crippen LogP contribution in [-0.4, -0.2) is 6.61 Å². The van der Waals surface area contributed by atoms with Crippen molar-refractivity contribution in [3.8, 4) is 5.75 Å². The minimum absolute atomic E-state index is 0.575. The molecule has 0 fully saturated rings. The number of nitrogens with two attached hydrogens (primary N) is 1. The van der Waals surface area contributed by atoms with Gasteiger partial charge in [-0.25, -0.2) is 0 Å². The molecule has 0 aliphatic carbocycles. The lowest BCUT2D eigenvalue weighted by atomic mass is 10.2. The van der Waals surface area contributed by atoms with Crippen molar-refractivity contribution < 1.29 is 4.74 Å². The first-order valence-electron chi connectivity index (χ1n) is 5.84. The van der Waals surface area contributed by atoms with Gasteiger partial charge in [-0.05, 0) is 37.3 Å². The van der Waals surface area contributed by atoms with Crippen LogP contribution in [0, 0.1) is 0 Å². The lowest BCUT2D eigenvalue weighted by Gasteiger charge is -2.12. The van der Waals surface area contributed by atoms with Crippen molar-refractivity contribution in [1.82, 2.24) is 0 Å². The molecule has 0 atom stereocenters. The van der Waals surface area contributed by atoms with E-state index in [1.165, 1.54) is 0 Å². The molecular formula is C14H14BrClN2O. The van der Waals surface area contributed by atoms with Crippen LogP contribution in [0.4, 0.5) is 17.1 Å². The fourth-order valence-electron chi connectivity index (χ4n) is 1.64. The first-order valence-corrected chi connectivity index (χ1v) is 7.01. The van der Waals surface area contributed by atoms with E-state index in [9.17, 15) is 0 Å². The number of hydrogen-bond acceptors (Lipinski definition) is 3. The Labute approximate surface area is 125 Å². The zero-order valence-corrected chi connectivity index (χ0v) is 12.8. The molecule has 2 aromatic carbocycles. The van der Waals surface area contributed by atoms with Gasteiger partial charge in [0.15, 0.2) is 0 Å². The standard InChI is InChI=1S/C14H14BrClN2O/c1-2-19-14-8-10(4-6-12(14)17)18-13-7-9(15)3-5-11(13)16/h3-8,18H,2,17H2,1H3. The number of benzene rings is 2. The predicted octanol–water partition coefficient (Wildman–Crippen LogP) is 4.83. The zero-order chi connectivity index (χ0) is 13.8. The normalized spacial score (nSPS) is 10.3. The number of halogens is 2. The summed E-state index contributed by atoms with van der Waals surface area (Å²) in [5, 5.41) is 3.89. The predicted molar refractivity (Wildman–Crippen MR) is 84.5 cm³/mol. The van der Waals surface area contributed by atoms with Crippen molar-refractivity contribution >= 4 is 44.6 Å². The van der Waals surface area contributed by atoms with Gasteiger partial charge in [0.1, 0.15) is 5.75 Å². The molecule has 2 rings (SSSR count). The second-order valence-corrected chi connectivity index (χ2v) is 5.26. The lowest BCUT2D eigenvalue weighted by molar-refractivity contribution is 0.342. The summed E-state index contributed by atoms with van der Waals surface area (Å²) < 4.78 is 6.42. The van der Waals surface area contributed by atoms with Crippen LogP contribution >= 0.6 is 27.5 Å². The maximum absolute atomic E-state index is 6.14. The van der Waals surface area contributed by atoms with Crippen LogP contribution in [0.25, 0.3) is 0 Å². The summed E-state index contributed by atoms with van der Waals surface area (Å²) in [5.74, 6) is 0.665. The molecular weight excluding hydrogens is 328 g/mol. The van der Waals surface area contributed by atoms with Gasteiger partial charge < -0.3 is 15.8 Å². The third kappa shape index (κ3) is 3.55. The molecule has 100 valence electrons. The maximum Gasteiger partial charge on any atom is 0.144 e. The van der Waals surface area contributed by atoms with Crippen molar-refractivity contribution in [2.75, 3.05) is 17.7 Å². The summed E-state index contributed by atoms with van der Waals surface area (Å²) in [6, 6.07) is 11.2. The van der Waals surface area contributed by atoms with E-state index in [0.717, 1.165) is 15.8 Å². The van der Waals surface area contributed by atoms with Gasteiger partial charge in [0.2, 0.25) is 0 Å². The number of anilines is 3. The third-order valence-electron chi connectivity index (χ3n) is 2.52. The molecule has 0 heterocycles. The van der Waals surface area contributed by atoms with E-state index < -0.39 is 0 Å². The minimum atomic E-state index is 0.575. The van der Waals surface area contributed by atoms with E-state index in [0.29, 0.717) is 23.1 Å². The Morgan fingerprint density at radius 3 is 2.79 bits per heavy atom. The van der Waals surface area contributed by atoms with Crippen LogP contribution in [0.1, 0.15) is 6.92 Å². The number of hydrogen-bond donors (Lipinski definition) is 2. The smallest absolute Gasteiger partial charge is 0.144 e. The Balaban J connectivity index is 2.28. The van der Waals surface area contributed by atoms with Gasteiger partial charge in [-0.2, -0.15) is 0 Å². The molecule has 0 spiro atoms. The summed E-state index contributed by atoms with van der Waals surface area (Å²) >= 11 is 9.56. The molecule has 0 aromatic heterocycles. The number of nitrogen functional groups attached to an aromatic ring is 1. The Hall–Kier alpha value is -1.39. The molecule has 5 heteroatoms. The molecule has 3 nitrogen and oxygen atoms in total. The van der Waals surface area contributed by atoms with E-state index >= 15 is 0 Å². The highest BCUT2D eigenvalue weighted by Crippen LogP contribution is 2.31. The average Bonchev–Trinajstić information content (AvgIpc) is 2.38. The average molecular weight is 342 g/mol. The summed E-state index contributed by atoms with van der Waals surface area (Å²) in [6.07, 6.45) is 0. The highest BCUT2D eigenvalue weighted by Gasteiger charge is 2.05. The van der Waals surface area contributed by atoms with Crippen LogP contribution < -0.4 is 15.8 Å². The van der Waals surface area contributed by atoms with Gasteiger partial charge in [0, 0.05) is 16.2 Å². The van der Waals surface area contributed by atoms with Crippen LogP contribution in [0.15, 0.2) is 40.9 Å². The largest absolute Gasteiger partial charge is 0.492 e.